The molecule has 5 heteroatoms. The molecule has 0 saturated carbocycles. The number of nitrogens with zero attached hydrogens (tertiary/aromatic N) is 2. The maximum Gasteiger partial charge on any atom is 0.170 e. The molecule has 1 aromatic heterocycles. The largest absolute Gasteiger partial charge is 0.356 e. The number of nitrogens with one attached hydrogen (secondary N) is 1. The monoisotopic (exact) mass is 331 g/mol. The van der Waals surface area contributed by atoms with Crippen molar-refractivity contribution in [3.63, 3.8) is 0 Å². The van der Waals surface area contributed by atoms with E-state index in [1.54, 1.807) is 6.07 Å². The van der Waals surface area contributed by atoms with Crippen LogP contribution in [0.25, 0.3) is 11.0 Å². The average Bonchev–Trinajstić information content (AvgIpc) is 3.04. The molecular formula is C19H26FN3O. The van der Waals surface area contributed by atoms with Crippen LogP contribution < -0.4 is 5.32 Å². The molecule has 0 amide bonds. The minimum Gasteiger partial charge on any atom is -0.356 e. The Kier molecular flexibility index (Phi) is 4.81. The fraction of sp³-hybridized carbons (Fsp3) is 0.632. The number of hydrogen-bond acceptors (Lipinski definition) is 4. The molecule has 2 aliphatic rings. The fourth-order valence-corrected chi connectivity index (χ4v) is 4.19. The van der Waals surface area contributed by atoms with Gasteiger partial charge in [-0.15, -0.1) is 0 Å². The topological polar surface area (TPSA) is 41.3 Å². The predicted molar refractivity (Wildman–Crippen MR) is 92.6 cm³/mol. The first-order valence-electron chi connectivity index (χ1n) is 9.27. The highest BCUT2D eigenvalue weighted by Crippen LogP contribution is 2.33. The van der Waals surface area contributed by atoms with E-state index in [1.165, 1.54) is 51.0 Å². The summed E-state index contributed by atoms with van der Waals surface area (Å²) in [5.74, 6) is 1.02. The van der Waals surface area contributed by atoms with Gasteiger partial charge >= 0.3 is 0 Å². The normalized spacial score (nSPS) is 23.8. The van der Waals surface area contributed by atoms with Gasteiger partial charge in [0.25, 0.3) is 0 Å². The van der Waals surface area contributed by atoms with Crippen molar-refractivity contribution in [2.45, 2.75) is 38.0 Å². The lowest BCUT2D eigenvalue weighted by molar-refractivity contribution is 0.189. The Labute approximate surface area is 142 Å². The first kappa shape index (κ1) is 16.0. The number of halogens is 1. The van der Waals surface area contributed by atoms with Crippen LogP contribution in [0.1, 0.15) is 43.7 Å². The van der Waals surface area contributed by atoms with Crippen molar-refractivity contribution in [3.8, 4) is 0 Å². The summed E-state index contributed by atoms with van der Waals surface area (Å²) >= 11 is 0. The molecule has 2 fully saturated rings. The van der Waals surface area contributed by atoms with Gasteiger partial charge in [-0.25, -0.2) is 4.39 Å². The number of fused-ring (bicyclic) bond motifs is 1. The Morgan fingerprint density at radius 1 is 1.25 bits per heavy atom. The Balaban J connectivity index is 1.32. The summed E-state index contributed by atoms with van der Waals surface area (Å²) in [7, 11) is 0. The third-order valence-electron chi connectivity index (χ3n) is 5.69. The molecule has 3 heterocycles. The van der Waals surface area contributed by atoms with Gasteiger partial charge in [0.1, 0.15) is 5.82 Å². The summed E-state index contributed by atoms with van der Waals surface area (Å²) in [5.41, 5.74) is 1.58. The van der Waals surface area contributed by atoms with Crippen LogP contribution in [0.3, 0.4) is 0 Å². The van der Waals surface area contributed by atoms with Crippen molar-refractivity contribution >= 4 is 11.0 Å². The highest BCUT2D eigenvalue weighted by molar-refractivity contribution is 5.79. The van der Waals surface area contributed by atoms with E-state index >= 15 is 0 Å². The van der Waals surface area contributed by atoms with E-state index in [0.717, 1.165) is 42.9 Å². The van der Waals surface area contributed by atoms with Crippen molar-refractivity contribution in [3.05, 3.63) is 29.7 Å². The number of benzene rings is 1. The van der Waals surface area contributed by atoms with Gasteiger partial charge in [-0.2, -0.15) is 0 Å². The second-order valence-electron chi connectivity index (χ2n) is 7.33. The minimum atomic E-state index is -0.266. The molecule has 130 valence electrons. The van der Waals surface area contributed by atoms with Gasteiger partial charge in [0.05, 0.1) is 5.69 Å². The standard InChI is InChI=1S/C19H26FN3O/c20-16-3-4-17-18(12-16)24-22-19(17)15-6-10-23(11-7-15)9-5-14-2-1-8-21-13-14/h3-4,12,14-15,21H,1-2,5-11,13H2/t14-/m0/s1. The van der Waals surface area contributed by atoms with Crippen molar-refractivity contribution in [1.82, 2.24) is 15.4 Å². The molecule has 1 aromatic carbocycles. The van der Waals surface area contributed by atoms with Crippen LogP contribution in [0, 0.1) is 11.7 Å². The molecule has 4 rings (SSSR count). The lowest BCUT2D eigenvalue weighted by Gasteiger charge is -2.32. The van der Waals surface area contributed by atoms with Gasteiger partial charge in [0.15, 0.2) is 5.58 Å². The molecule has 24 heavy (non-hydrogen) atoms. The fourth-order valence-electron chi connectivity index (χ4n) is 4.19. The van der Waals surface area contributed by atoms with Gasteiger partial charge in [-0.05, 0) is 82.9 Å². The van der Waals surface area contributed by atoms with Crippen LogP contribution in [-0.4, -0.2) is 42.8 Å². The van der Waals surface area contributed by atoms with Crippen LogP contribution in [-0.2, 0) is 0 Å². The van der Waals surface area contributed by atoms with E-state index < -0.39 is 0 Å². The zero-order valence-corrected chi connectivity index (χ0v) is 14.1. The first-order chi connectivity index (χ1) is 11.8. The third kappa shape index (κ3) is 3.47. The molecule has 4 nitrogen and oxygen atoms in total. The van der Waals surface area contributed by atoms with Crippen molar-refractivity contribution < 1.29 is 8.91 Å². The van der Waals surface area contributed by atoms with E-state index in [0.29, 0.717) is 11.5 Å². The molecule has 0 unspecified atom stereocenters. The van der Waals surface area contributed by atoms with Gasteiger partial charge in [0, 0.05) is 17.4 Å². The summed E-state index contributed by atoms with van der Waals surface area (Å²) in [6, 6.07) is 4.73. The maximum atomic E-state index is 13.3. The molecule has 0 bridgehead atoms. The minimum absolute atomic E-state index is 0.266. The molecule has 0 aliphatic carbocycles. The summed E-state index contributed by atoms with van der Waals surface area (Å²) < 4.78 is 18.6. The van der Waals surface area contributed by atoms with Crippen molar-refractivity contribution in [2.75, 3.05) is 32.7 Å². The number of aromatic nitrogens is 1. The molecule has 2 saturated heterocycles. The predicted octanol–water partition coefficient (Wildman–Crippen LogP) is 3.54. The average molecular weight is 331 g/mol. The lowest BCUT2D eigenvalue weighted by atomic mass is 9.90. The second-order valence-corrected chi connectivity index (χ2v) is 7.33. The zero-order chi connectivity index (χ0) is 16.4. The summed E-state index contributed by atoms with van der Waals surface area (Å²) in [5, 5.41) is 8.72. The SMILES string of the molecule is Fc1ccc2c(C3CCN(CC[C@@H]4CCCNC4)CC3)noc2c1. The number of hydrogen-bond donors (Lipinski definition) is 1. The van der Waals surface area contributed by atoms with E-state index in [1.807, 2.05) is 0 Å². The third-order valence-corrected chi connectivity index (χ3v) is 5.69. The summed E-state index contributed by atoms with van der Waals surface area (Å²) in [6.45, 7) is 5.85. The van der Waals surface area contributed by atoms with Gasteiger partial charge in [-0.3, -0.25) is 0 Å². The van der Waals surface area contributed by atoms with Crippen LogP contribution in [0.5, 0.6) is 0 Å². The van der Waals surface area contributed by atoms with Gasteiger partial charge in [0.2, 0.25) is 0 Å². The Hall–Kier alpha value is -1.46. The maximum absolute atomic E-state index is 13.3. The van der Waals surface area contributed by atoms with Crippen LogP contribution in [0.4, 0.5) is 4.39 Å². The molecule has 1 N–H and O–H groups in total. The van der Waals surface area contributed by atoms with Crippen molar-refractivity contribution in [1.29, 1.82) is 0 Å². The Morgan fingerprint density at radius 3 is 2.92 bits per heavy atom. The lowest BCUT2D eigenvalue weighted by Crippen LogP contribution is -2.37. The molecule has 1 atom stereocenters. The second kappa shape index (κ2) is 7.19. The van der Waals surface area contributed by atoms with Crippen molar-refractivity contribution in [2.24, 2.45) is 5.92 Å². The summed E-state index contributed by atoms with van der Waals surface area (Å²) in [6.07, 6.45) is 6.24. The summed E-state index contributed by atoms with van der Waals surface area (Å²) in [4.78, 5) is 2.59. The van der Waals surface area contributed by atoms with E-state index in [-0.39, 0.29) is 5.82 Å². The van der Waals surface area contributed by atoms with Crippen LogP contribution >= 0.6 is 0 Å². The number of rotatable bonds is 4. The highest BCUT2D eigenvalue weighted by Gasteiger charge is 2.25. The first-order valence-corrected chi connectivity index (χ1v) is 9.27. The Bertz CT molecular complexity index is 672. The van der Waals surface area contributed by atoms with Crippen LogP contribution in [0.2, 0.25) is 0 Å². The molecular weight excluding hydrogens is 305 g/mol. The molecule has 2 aliphatic heterocycles. The highest BCUT2D eigenvalue weighted by atomic mass is 19.1. The zero-order valence-electron chi connectivity index (χ0n) is 14.1. The van der Waals surface area contributed by atoms with Gasteiger partial charge in [-0.1, -0.05) is 5.16 Å². The smallest absolute Gasteiger partial charge is 0.170 e. The van der Waals surface area contributed by atoms with E-state index in [2.05, 4.69) is 15.4 Å². The quantitative estimate of drug-likeness (QED) is 0.930. The molecule has 0 radical (unpaired) electrons. The van der Waals surface area contributed by atoms with E-state index in [9.17, 15) is 4.39 Å². The molecule has 2 aromatic rings. The number of piperidine rings is 2. The van der Waals surface area contributed by atoms with E-state index in [4.69, 9.17) is 4.52 Å². The molecule has 0 spiro atoms. The van der Waals surface area contributed by atoms with Crippen LogP contribution in [0.15, 0.2) is 22.7 Å². The van der Waals surface area contributed by atoms with Gasteiger partial charge < -0.3 is 14.7 Å². The Morgan fingerprint density at radius 2 is 2.12 bits per heavy atom. The number of likely N-dealkylation sites (tertiary alicyclic amines) is 1.